The molecule has 4 rings (SSSR count). The second-order valence-electron chi connectivity index (χ2n) is 8.02. The molecule has 6 heteroatoms. The molecule has 29 heavy (non-hydrogen) atoms. The van der Waals surface area contributed by atoms with Gasteiger partial charge in [-0.15, -0.1) is 0 Å². The number of nitrogens with zero attached hydrogens (tertiary/aromatic N) is 1. The van der Waals surface area contributed by atoms with Crippen LogP contribution in [0.25, 0.3) is 32.3 Å². The van der Waals surface area contributed by atoms with E-state index in [4.69, 9.17) is 19.8 Å². The Balaban J connectivity index is 0.000000298. The van der Waals surface area contributed by atoms with E-state index < -0.39 is 7.32 Å². The van der Waals surface area contributed by atoms with Crippen LogP contribution in [-0.2, 0) is 0 Å². The van der Waals surface area contributed by atoms with Gasteiger partial charge in [0.05, 0.1) is 27.7 Å². The van der Waals surface area contributed by atoms with Crippen molar-refractivity contribution in [2.45, 2.75) is 0 Å². The van der Waals surface area contributed by atoms with Gasteiger partial charge < -0.3 is 24.3 Å². The molecule has 0 bridgehead atoms. The summed E-state index contributed by atoms with van der Waals surface area (Å²) in [7, 11) is 4.32. The Hall–Kier alpha value is -2.64. The number of hydrogen-bond donors (Lipinski definition) is 3. The molecule has 0 radical (unpaired) electrons. The summed E-state index contributed by atoms with van der Waals surface area (Å²) in [6, 6.07) is 22.1. The summed E-state index contributed by atoms with van der Waals surface area (Å²) in [5.74, 6) is 0.466. The zero-order valence-corrected chi connectivity index (χ0v) is 17.0. The fourth-order valence-corrected chi connectivity index (χ4v) is 3.28. The van der Waals surface area contributed by atoms with Crippen molar-refractivity contribution in [2.24, 2.45) is 0 Å². The topological polar surface area (TPSA) is 69.9 Å². The predicted octanol–water partition coefficient (Wildman–Crippen LogP) is 3.18. The largest absolute Gasteiger partial charge is 0.707 e. The molecule has 3 N–H and O–H groups in total. The van der Waals surface area contributed by atoms with Crippen molar-refractivity contribution in [2.75, 3.05) is 34.3 Å². The average molecular weight is 392 g/mol. The van der Waals surface area contributed by atoms with E-state index in [9.17, 15) is 0 Å². The molecule has 0 aromatic heterocycles. The number of quaternary nitrogens is 1. The molecular weight excluding hydrogens is 365 g/mol. The highest BCUT2D eigenvalue weighted by atomic mass is 16.6. The van der Waals surface area contributed by atoms with E-state index in [-0.39, 0.29) is 6.61 Å². The molecular formula is C23H27BNO4+. The van der Waals surface area contributed by atoms with Crippen LogP contribution in [0.4, 0.5) is 0 Å². The Morgan fingerprint density at radius 3 is 2.00 bits per heavy atom. The van der Waals surface area contributed by atoms with Gasteiger partial charge in [-0.1, -0.05) is 48.5 Å². The quantitative estimate of drug-likeness (QED) is 0.216. The van der Waals surface area contributed by atoms with Gasteiger partial charge in [0.15, 0.2) is 0 Å². The summed E-state index contributed by atoms with van der Waals surface area (Å²) in [5.41, 5.74) is 0. The number of aliphatic hydroxyl groups excluding tert-OH is 1. The Bertz CT molecular complexity index is 1120. The Kier molecular flexibility index (Phi) is 6.40. The monoisotopic (exact) mass is 392 g/mol. The van der Waals surface area contributed by atoms with Crippen LogP contribution < -0.4 is 4.65 Å². The summed E-state index contributed by atoms with van der Waals surface area (Å²) in [4.78, 5) is 0. The van der Waals surface area contributed by atoms with Gasteiger partial charge in [-0.3, -0.25) is 0 Å². The molecule has 0 aliphatic heterocycles. The molecule has 0 fully saturated rings. The van der Waals surface area contributed by atoms with Gasteiger partial charge in [-0.2, -0.15) is 0 Å². The van der Waals surface area contributed by atoms with Crippen molar-refractivity contribution in [3.8, 4) is 5.75 Å². The molecule has 0 amide bonds. The van der Waals surface area contributed by atoms with E-state index in [1.807, 2.05) is 30.3 Å². The molecule has 5 nitrogen and oxygen atoms in total. The highest BCUT2D eigenvalue weighted by molar-refractivity contribution is 6.34. The van der Waals surface area contributed by atoms with Crippen LogP contribution in [-0.4, -0.2) is 61.3 Å². The van der Waals surface area contributed by atoms with Crippen molar-refractivity contribution in [3.63, 3.8) is 0 Å². The summed E-state index contributed by atoms with van der Waals surface area (Å²) in [6.07, 6.45) is 0. The average Bonchev–Trinajstić information content (AvgIpc) is 2.65. The van der Waals surface area contributed by atoms with Crippen LogP contribution in [0, 0.1) is 0 Å². The van der Waals surface area contributed by atoms with E-state index >= 15 is 0 Å². The Morgan fingerprint density at radius 2 is 1.41 bits per heavy atom. The molecule has 0 atom stereocenters. The first-order valence-electron chi connectivity index (χ1n) is 9.57. The highest BCUT2D eigenvalue weighted by Gasteiger charge is 2.15. The lowest BCUT2D eigenvalue weighted by atomic mass is 9.97. The van der Waals surface area contributed by atoms with Crippen LogP contribution in [0.1, 0.15) is 0 Å². The first kappa shape index (κ1) is 21.1. The van der Waals surface area contributed by atoms with Crippen molar-refractivity contribution < 1.29 is 24.3 Å². The fourth-order valence-electron chi connectivity index (χ4n) is 3.28. The van der Waals surface area contributed by atoms with Crippen LogP contribution in [0.3, 0.4) is 0 Å². The lowest BCUT2D eigenvalue weighted by Gasteiger charge is -2.21. The summed E-state index contributed by atoms with van der Waals surface area (Å²) in [5, 5.41) is 33.0. The zero-order chi connectivity index (χ0) is 21.0. The molecule has 0 unspecified atom stereocenters. The van der Waals surface area contributed by atoms with Crippen molar-refractivity contribution in [1.82, 2.24) is 0 Å². The van der Waals surface area contributed by atoms with E-state index in [0.29, 0.717) is 5.75 Å². The van der Waals surface area contributed by atoms with E-state index in [0.717, 1.165) is 38.0 Å². The van der Waals surface area contributed by atoms with Gasteiger partial charge in [0, 0.05) is 5.39 Å². The lowest BCUT2D eigenvalue weighted by molar-refractivity contribution is -0.870. The molecule has 0 saturated carbocycles. The van der Waals surface area contributed by atoms with Gasteiger partial charge in [-0.25, -0.2) is 0 Å². The molecule has 0 heterocycles. The second-order valence-corrected chi connectivity index (χ2v) is 8.02. The molecule has 0 spiro atoms. The molecule has 0 aliphatic carbocycles. The molecule has 150 valence electrons. The maximum atomic E-state index is 9.14. The third kappa shape index (κ3) is 5.25. The van der Waals surface area contributed by atoms with Gasteiger partial charge in [0.25, 0.3) is 0 Å². The van der Waals surface area contributed by atoms with Crippen molar-refractivity contribution in [1.29, 1.82) is 0 Å². The maximum Gasteiger partial charge on any atom is 0.707 e. The summed E-state index contributed by atoms with van der Waals surface area (Å²) < 4.78 is 6.00. The van der Waals surface area contributed by atoms with E-state index in [2.05, 4.69) is 51.5 Å². The van der Waals surface area contributed by atoms with Crippen molar-refractivity contribution >= 4 is 39.6 Å². The fraction of sp³-hybridized carbons (Fsp3) is 0.217. The van der Waals surface area contributed by atoms with Crippen LogP contribution in [0.5, 0.6) is 5.75 Å². The third-order valence-electron chi connectivity index (χ3n) is 4.69. The number of benzene rings is 4. The molecule has 4 aromatic rings. The standard InChI is InChI=1S/C18H13BO3.C5H14NO/c20-19(21)22-17-7-3-6-12-8-9-15-10-13-4-1-2-5-14(13)11-16(15)18(12)17;1-6(2,3)4-5-7/h1-11,20-21H;7H,4-5H2,1-3H3/q;+1. The van der Waals surface area contributed by atoms with Gasteiger partial charge in [-0.05, 0) is 45.1 Å². The number of rotatable bonds is 4. The maximum absolute atomic E-state index is 9.14. The first-order valence-corrected chi connectivity index (χ1v) is 9.57. The number of aliphatic hydroxyl groups is 1. The third-order valence-corrected chi connectivity index (χ3v) is 4.69. The van der Waals surface area contributed by atoms with Crippen LogP contribution in [0.2, 0.25) is 0 Å². The Morgan fingerprint density at radius 1 is 0.793 bits per heavy atom. The van der Waals surface area contributed by atoms with E-state index in [1.54, 1.807) is 6.07 Å². The van der Waals surface area contributed by atoms with Gasteiger partial charge in [0.1, 0.15) is 12.3 Å². The van der Waals surface area contributed by atoms with Gasteiger partial charge in [0.2, 0.25) is 0 Å². The Labute approximate surface area is 171 Å². The minimum Gasteiger partial charge on any atom is -0.511 e. The van der Waals surface area contributed by atoms with Crippen molar-refractivity contribution in [3.05, 3.63) is 66.7 Å². The number of fused-ring (bicyclic) bond motifs is 4. The summed E-state index contributed by atoms with van der Waals surface area (Å²) in [6.45, 7) is 1.11. The predicted molar refractivity (Wildman–Crippen MR) is 120 cm³/mol. The smallest absolute Gasteiger partial charge is 0.511 e. The lowest BCUT2D eigenvalue weighted by Crippen LogP contribution is -2.36. The normalized spacial score (nSPS) is 11.4. The molecule has 4 aromatic carbocycles. The minimum absolute atomic E-state index is 0.281. The van der Waals surface area contributed by atoms with Crippen LogP contribution >= 0.6 is 0 Å². The SMILES string of the molecule is C[N+](C)(C)CCO.OB(O)Oc1cccc2ccc3cc4ccccc4cc3c12. The van der Waals surface area contributed by atoms with Crippen LogP contribution in [0.15, 0.2) is 66.7 Å². The first-order chi connectivity index (χ1) is 13.8. The molecule has 0 aliphatic rings. The minimum atomic E-state index is -1.83. The second kappa shape index (κ2) is 8.80. The number of hydrogen-bond acceptors (Lipinski definition) is 4. The molecule has 0 saturated heterocycles. The van der Waals surface area contributed by atoms with Gasteiger partial charge >= 0.3 is 7.32 Å². The summed E-state index contributed by atoms with van der Waals surface area (Å²) >= 11 is 0. The highest BCUT2D eigenvalue weighted by Crippen LogP contribution is 2.35. The number of likely N-dealkylation sites (N-methyl/N-ethyl adjacent to an activating group) is 1. The zero-order valence-electron chi connectivity index (χ0n) is 17.0. The van der Waals surface area contributed by atoms with E-state index in [1.165, 1.54) is 5.39 Å².